The van der Waals surface area contributed by atoms with E-state index in [1.807, 2.05) is 48.5 Å². The summed E-state index contributed by atoms with van der Waals surface area (Å²) in [5, 5.41) is 11.1. The number of benzene rings is 2. The van der Waals surface area contributed by atoms with Gasteiger partial charge >= 0.3 is 0 Å². The number of ether oxygens (including phenoxy) is 1. The van der Waals surface area contributed by atoms with Crippen LogP contribution in [0.1, 0.15) is 39.9 Å². The van der Waals surface area contributed by atoms with E-state index in [-0.39, 0.29) is 12.5 Å². The van der Waals surface area contributed by atoms with Crippen molar-refractivity contribution < 1.29 is 14.6 Å². The number of nitrogens with zero attached hydrogens (tertiary/aromatic N) is 2. The van der Waals surface area contributed by atoms with Crippen molar-refractivity contribution in [1.82, 2.24) is 9.88 Å². The van der Waals surface area contributed by atoms with Crippen molar-refractivity contribution >= 4 is 5.91 Å². The molecule has 0 spiro atoms. The summed E-state index contributed by atoms with van der Waals surface area (Å²) in [7, 11) is 1.63. The Labute approximate surface area is 182 Å². The quantitative estimate of drug-likeness (QED) is 0.668. The fraction of sp³-hybridized carbons (Fsp3) is 0.231. The highest BCUT2D eigenvalue weighted by Crippen LogP contribution is 2.31. The van der Waals surface area contributed by atoms with E-state index in [9.17, 15) is 9.90 Å². The number of amides is 1. The second-order valence-corrected chi connectivity index (χ2v) is 7.65. The fourth-order valence-corrected chi connectivity index (χ4v) is 3.80. The Balaban J connectivity index is 1.45. The van der Waals surface area contributed by atoms with Crippen LogP contribution in [0.3, 0.4) is 0 Å². The maximum atomic E-state index is 13.0. The van der Waals surface area contributed by atoms with Crippen LogP contribution in [0.25, 0.3) is 0 Å². The van der Waals surface area contributed by atoms with Gasteiger partial charge in [0.2, 0.25) is 0 Å². The first-order chi connectivity index (χ1) is 15.1. The van der Waals surface area contributed by atoms with Crippen LogP contribution in [0.15, 0.2) is 73.1 Å². The van der Waals surface area contributed by atoms with Gasteiger partial charge in [-0.3, -0.25) is 9.78 Å². The molecule has 5 heteroatoms. The van der Waals surface area contributed by atoms with E-state index in [1.165, 1.54) is 0 Å². The Bertz CT molecular complexity index is 1100. The van der Waals surface area contributed by atoms with Crippen LogP contribution in [0.2, 0.25) is 0 Å². The molecule has 1 saturated heterocycles. The molecule has 156 valence electrons. The van der Waals surface area contributed by atoms with E-state index < -0.39 is 5.60 Å². The minimum absolute atomic E-state index is 0.0816. The highest BCUT2D eigenvalue weighted by molar-refractivity contribution is 5.94. The topological polar surface area (TPSA) is 62.7 Å². The number of carbonyl (C=O) groups is 1. The Kier molecular flexibility index (Phi) is 6.01. The van der Waals surface area contributed by atoms with Crippen LogP contribution < -0.4 is 4.74 Å². The van der Waals surface area contributed by atoms with Crippen molar-refractivity contribution in [2.24, 2.45) is 0 Å². The van der Waals surface area contributed by atoms with E-state index >= 15 is 0 Å². The largest absolute Gasteiger partial charge is 0.497 e. The predicted molar refractivity (Wildman–Crippen MR) is 119 cm³/mol. The zero-order valence-electron chi connectivity index (χ0n) is 17.4. The Hall–Kier alpha value is -3.62. The molecule has 2 aromatic carbocycles. The van der Waals surface area contributed by atoms with Gasteiger partial charge in [0.25, 0.3) is 5.91 Å². The third kappa shape index (κ3) is 4.76. The minimum Gasteiger partial charge on any atom is -0.497 e. The van der Waals surface area contributed by atoms with E-state index in [0.717, 1.165) is 28.9 Å². The number of aromatic nitrogens is 1. The molecule has 1 N–H and O–H groups in total. The molecule has 1 aromatic heterocycles. The summed E-state index contributed by atoms with van der Waals surface area (Å²) in [6, 6.07) is 18.5. The van der Waals surface area contributed by atoms with E-state index in [4.69, 9.17) is 4.74 Å². The summed E-state index contributed by atoms with van der Waals surface area (Å²) in [4.78, 5) is 18.8. The molecule has 0 saturated carbocycles. The summed E-state index contributed by atoms with van der Waals surface area (Å²) < 4.78 is 5.15. The number of hydrogen-bond donors (Lipinski definition) is 1. The number of methoxy groups -OCH3 is 1. The molecule has 31 heavy (non-hydrogen) atoms. The molecule has 1 aliphatic rings. The molecule has 0 bridgehead atoms. The SMILES string of the molecule is COc1ccc(C#Cc2ccc(C(=O)N3CCCC(O)(c4ccncc4)C3)cc2)cc1. The second-order valence-electron chi connectivity index (χ2n) is 7.65. The number of likely N-dealkylation sites (tertiary alicyclic amines) is 1. The maximum Gasteiger partial charge on any atom is 0.253 e. The molecular weight excluding hydrogens is 388 g/mol. The molecule has 3 aromatic rings. The van der Waals surface area contributed by atoms with Crippen molar-refractivity contribution in [3.05, 3.63) is 95.3 Å². The number of piperidine rings is 1. The van der Waals surface area contributed by atoms with Crippen molar-refractivity contribution in [1.29, 1.82) is 0 Å². The van der Waals surface area contributed by atoms with Gasteiger partial charge in [0.05, 0.1) is 13.7 Å². The third-order valence-corrected chi connectivity index (χ3v) is 5.55. The zero-order chi connectivity index (χ0) is 21.7. The van der Waals surface area contributed by atoms with Gasteiger partial charge in [-0.2, -0.15) is 0 Å². The Morgan fingerprint density at radius 2 is 1.61 bits per heavy atom. The van der Waals surface area contributed by atoms with Crippen LogP contribution in [0.4, 0.5) is 0 Å². The lowest BCUT2D eigenvalue weighted by atomic mass is 9.86. The van der Waals surface area contributed by atoms with Crippen LogP contribution >= 0.6 is 0 Å². The van der Waals surface area contributed by atoms with Crippen molar-refractivity contribution in [3.63, 3.8) is 0 Å². The number of hydrogen-bond acceptors (Lipinski definition) is 4. The molecule has 1 amide bonds. The van der Waals surface area contributed by atoms with E-state index in [1.54, 1.807) is 36.5 Å². The van der Waals surface area contributed by atoms with Crippen molar-refractivity contribution in [2.45, 2.75) is 18.4 Å². The summed E-state index contributed by atoms with van der Waals surface area (Å²) in [5.74, 6) is 6.94. The van der Waals surface area contributed by atoms with Gasteiger partial charge in [0.1, 0.15) is 11.4 Å². The predicted octanol–water partition coefficient (Wildman–Crippen LogP) is 3.61. The summed E-state index contributed by atoms with van der Waals surface area (Å²) in [5.41, 5.74) is 2.07. The van der Waals surface area contributed by atoms with Gasteiger partial charge in [0.15, 0.2) is 0 Å². The number of carbonyl (C=O) groups excluding carboxylic acids is 1. The van der Waals surface area contributed by atoms with E-state index in [0.29, 0.717) is 18.5 Å². The number of pyridine rings is 1. The lowest BCUT2D eigenvalue weighted by Crippen LogP contribution is -2.48. The van der Waals surface area contributed by atoms with E-state index in [2.05, 4.69) is 16.8 Å². The lowest BCUT2D eigenvalue weighted by molar-refractivity contribution is -0.0289. The molecule has 0 radical (unpaired) electrons. The molecule has 4 rings (SSSR count). The lowest BCUT2D eigenvalue weighted by Gasteiger charge is -2.39. The van der Waals surface area contributed by atoms with Crippen LogP contribution in [-0.4, -0.2) is 41.1 Å². The molecule has 2 heterocycles. The summed E-state index contributed by atoms with van der Waals surface area (Å²) in [6.07, 6.45) is 4.70. The van der Waals surface area contributed by atoms with Crippen molar-refractivity contribution in [2.75, 3.05) is 20.2 Å². The molecule has 1 aliphatic heterocycles. The summed E-state index contributed by atoms with van der Waals surface area (Å²) >= 11 is 0. The normalized spacial score (nSPS) is 18.1. The molecule has 1 fully saturated rings. The second kappa shape index (κ2) is 9.03. The average Bonchev–Trinajstić information content (AvgIpc) is 2.83. The van der Waals surface area contributed by atoms with Gasteiger partial charge in [-0.1, -0.05) is 11.8 Å². The molecule has 0 aliphatic carbocycles. The molecular formula is C26H24N2O3. The Morgan fingerprint density at radius 3 is 2.23 bits per heavy atom. The number of aliphatic hydroxyl groups is 1. The maximum absolute atomic E-state index is 13.0. The first-order valence-electron chi connectivity index (χ1n) is 10.3. The van der Waals surface area contributed by atoms with Gasteiger partial charge in [-0.15, -0.1) is 0 Å². The number of β-amino-alcohol motifs (C(OH)–C–C–N with tert-alkyl or cyclic N) is 1. The van der Waals surface area contributed by atoms with Gasteiger partial charge in [-0.25, -0.2) is 0 Å². The van der Waals surface area contributed by atoms with Crippen LogP contribution in [0.5, 0.6) is 5.75 Å². The van der Waals surface area contributed by atoms with Gasteiger partial charge in [0, 0.05) is 35.6 Å². The molecule has 1 unspecified atom stereocenters. The number of rotatable bonds is 3. The highest BCUT2D eigenvalue weighted by Gasteiger charge is 2.36. The van der Waals surface area contributed by atoms with Crippen molar-refractivity contribution in [3.8, 4) is 17.6 Å². The fourth-order valence-electron chi connectivity index (χ4n) is 3.80. The summed E-state index contributed by atoms with van der Waals surface area (Å²) in [6.45, 7) is 0.903. The van der Waals surface area contributed by atoms with Crippen LogP contribution in [-0.2, 0) is 5.60 Å². The first-order valence-corrected chi connectivity index (χ1v) is 10.3. The third-order valence-electron chi connectivity index (χ3n) is 5.55. The first kappa shape index (κ1) is 20.6. The highest BCUT2D eigenvalue weighted by atomic mass is 16.5. The average molecular weight is 412 g/mol. The smallest absolute Gasteiger partial charge is 0.253 e. The monoisotopic (exact) mass is 412 g/mol. The van der Waals surface area contributed by atoms with Crippen LogP contribution in [0, 0.1) is 11.8 Å². The Morgan fingerprint density at radius 1 is 1.00 bits per heavy atom. The zero-order valence-corrected chi connectivity index (χ0v) is 17.4. The van der Waals surface area contributed by atoms with Gasteiger partial charge in [-0.05, 0) is 79.1 Å². The minimum atomic E-state index is -1.04. The molecule has 1 atom stereocenters. The van der Waals surface area contributed by atoms with Gasteiger partial charge < -0.3 is 14.7 Å². The molecule has 5 nitrogen and oxygen atoms in total. The standard InChI is InChI=1S/C26H24N2O3/c1-31-24-11-7-21(8-12-24)4-3-20-5-9-22(10-6-20)25(29)28-18-2-15-26(30,19-28)23-13-16-27-17-14-23/h5-14,16-17,30H,2,15,18-19H2,1H3.